The summed E-state index contributed by atoms with van der Waals surface area (Å²) in [5, 5.41) is 7.56. The molecule has 1 aliphatic carbocycles. The maximum absolute atomic E-state index is 5.51. The first kappa shape index (κ1) is 13.5. The van der Waals surface area contributed by atoms with Crippen molar-refractivity contribution in [2.24, 2.45) is 0 Å². The van der Waals surface area contributed by atoms with Gasteiger partial charge in [0.1, 0.15) is 0 Å². The summed E-state index contributed by atoms with van der Waals surface area (Å²) in [4.78, 5) is 4.63. The fraction of sp³-hybridized carbons (Fsp3) is 0.857. The molecule has 18 heavy (non-hydrogen) atoms. The largest absolute Gasteiger partial charge is 0.339 e. The van der Waals surface area contributed by atoms with Crippen LogP contribution in [-0.4, -0.2) is 23.2 Å². The van der Waals surface area contributed by atoms with Crippen molar-refractivity contribution in [3.8, 4) is 0 Å². The molecule has 0 aliphatic heterocycles. The summed E-state index contributed by atoms with van der Waals surface area (Å²) in [7, 11) is 2.04. The van der Waals surface area contributed by atoms with E-state index < -0.39 is 0 Å². The fourth-order valence-electron chi connectivity index (χ4n) is 2.73. The number of rotatable bonds is 4. The van der Waals surface area contributed by atoms with E-state index >= 15 is 0 Å². The molecule has 0 aromatic carbocycles. The topological polar surface area (TPSA) is 51.0 Å². The third kappa shape index (κ3) is 2.91. The molecule has 0 bridgehead atoms. The van der Waals surface area contributed by atoms with E-state index in [1.807, 2.05) is 7.05 Å². The number of hydrogen-bond acceptors (Lipinski definition) is 4. The van der Waals surface area contributed by atoms with Crippen molar-refractivity contribution in [1.82, 2.24) is 15.5 Å². The van der Waals surface area contributed by atoms with Crippen LogP contribution in [0.5, 0.6) is 0 Å². The van der Waals surface area contributed by atoms with Crippen LogP contribution in [0.25, 0.3) is 0 Å². The van der Waals surface area contributed by atoms with Crippen LogP contribution in [0.4, 0.5) is 0 Å². The van der Waals surface area contributed by atoms with Gasteiger partial charge in [-0.1, -0.05) is 38.3 Å². The molecule has 0 amide bonds. The Labute approximate surface area is 110 Å². The second-order valence-corrected chi connectivity index (χ2v) is 5.44. The SMILES string of the molecule is CCC(C)c1noc(C2CCCCCC2NC)n1. The Morgan fingerprint density at radius 1 is 1.33 bits per heavy atom. The van der Waals surface area contributed by atoms with Gasteiger partial charge in [-0.2, -0.15) is 4.98 Å². The number of nitrogens with one attached hydrogen (secondary N) is 1. The number of aromatic nitrogens is 2. The Morgan fingerprint density at radius 2 is 2.11 bits per heavy atom. The van der Waals surface area contributed by atoms with Gasteiger partial charge in [-0.25, -0.2) is 0 Å². The number of likely N-dealkylation sites (N-methyl/N-ethyl adjacent to an activating group) is 1. The molecule has 3 atom stereocenters. The summed E-state index contributed by atoms with van der Waals surface area (Å²) >= 11 is 0. The van der Waals surface area contributed by atoms with Crippen LogP contribution in [-0.2, 0) is 0 Å². The molecule has 0 radical (unpaired) electrons. The Hall–Kier alpha value is -0.900. The first-order chi connectivity index (χ1) is 8.76. The first-order valence-corrected chi connectivity index (χ1v) is 7.27. The molecule has 102 valence electrons. The minimum absolute atomic E-state index is 0.390. The van der Waals surface area contributed by atoms with Crippen LogP contribution in [0.15, 0.2) is 4.52 Å². The highest BCUT2D eigenvalue weighted by Crippen LogP contribution is 2.31. The van der Waals surface area contributed by atoms with E-state index in [0.717, 1.165) is 24.6 Å². The molecule has 4 nitrogen and oxygen atoms in total. The van der Waals surface area contributed by atoms with Gasteiger partial charge in [-0.3, -0.25) is 0 Å². The van der Waals surface area contributed by atoms with Crippen molar-refractivity contribution in [1.29, 1.82) is 0 Å². The molecule has 1 fully saturated rings. The summed E-state index contributed by atoms with van der Waals surface area (Å²) in [6.07, 6.45) is 7.31. The normalized spacial score (nSPS) is 26.8. The zero-order valence-electron chi connectivity index (χ0n) is 11.8. The molecular formula is C14H25N3O. The van der Waals surface area contributed by atoms with Gasteiger partial charge in [0.25, 0.3) is 0 Å². The molecule has 1 heterocycles. The Balaban J connectivity index is 2.14. The lowest BCUT2D eigenvalue weighted by Gasteiger charge is -2.21. The van der Waals surface area contributed by atoms with Crippen molar-refractivity contribution in [2.45, 2.75) is 70.3 Å². The summed E-state index contributed by atoms with van der Waals surface area (Å²) in [6.45, 7) is 4.31. The van der Waals surface area contributed by atoms with E-state index in [0.29, 0.717) is 17.9 Å². The fourth-order valence-corrected chi connectivity index (χ4v) is 2.73. The van der Waals surface area contributed by atoms with E-state index in [1.165, 1.54) is 25.7 Å². The van der Waals surface area contributed by atoms with Crippen molar-refractivity contribution in [3.05, 3.63) is 11.7 Å². The van der Waals surface area contributed by atoms with Gasteiger partial charge in [0.2, 0.25) is 5.89 Å². The number of hydrogen-bond donors (Lipinski definition) is 1. The van der Waals surface area contributed by atoms with E-state index in [1.54, 1.807) is 0 Å². The summed E-state index contributed by atoms with van der Waals surface area (Å²) in [6, 6.07) is 0.484. The maximum atomic E-state index is 5.51. The molecule has 1 aliphatic rings. The predicted octanol–water partition coefficient (Wildman–Crippen LogP) is 3.22. The van der Waals surface area contributed by atoms with Gasteiger partial charge in [0.05, 0.1) is 5.92 Å². The zero-order valence-corrected chi connectivity index (χ0v) is 11.8. The predicted molar refractivity (Wildman–Crippen MR) is 71.7 cm³/mol. The van der Waals surface area contributed by atoms with Crippen LogP contribution in [0.3, 0.4) is 0 Å². The van der Waals surface area contributed by atoms with Gasteiger partial charge in [-0.05, 0) is 26.3 Å². The highest BCUT2D eigenvalue weighted by molar-refractivity contribution is 5.02. The molecule has 0 saturated heterocycles. The van der Waals surface area contributed by atoms with Crippen LogP contribution >= 0.6 is 0 Å². The molecular weight excluding hydrogens is 226 g/mol. The Kier molecular flexibility index (Phi) is 4.75. The third-order valence-electron chi connectivity index (χ3n) is 4.21. The second kappa shape index (κ2) is 6.32. The summed E-state index contributed by atoms with van der Waals surface area (Å²) < 4.78 is 5.51. The van der Waals surface area contributed by atoms with Crippen LogP contribution in [0.2, 0.25) is 0 Å². The van der Waals surface area contributed by atoms with E-state index in [-0.39, 0.29) is 0 Å². The van der Waals surface area contributed by atoms with E-state index in [4.69, 9.17) is 4.52 Å². The Bertz CT molecular complexity index is 364. The molecule has 3 unspecified atom stereocenters. The third-order valence-corrected chi connectivity index (χ3v) is 4.21. The molecule has 2 rings (SSSR count). The highest BCUT2D eigenvalue weighted by Gasteiger charge is 2.29. The Morgan fingerprint density at radius 3 is 2.83 bits per heavy atom. The molecule has 1 N–H and O–H groups in total. The monoisotopic (exact) mass is 251 g/mol. The standard InChI is InChI=1S/C14H25N3O/c1-4-10(2)13-16-14(18-17-13)11-8-6-5-7-9-12(11)15-3/h10-12,15H,4-9H2,1-3H3. The van der Waals surface area contributed by atoms with E-state index in [2.05, 4.69) is 29.3 Å². The molecule has 1 aromatic rings. The van der Waals surface area contributed by atoms with Crippen molar-refractivity contribution in [2.75, 3.05) is 7.05 Å². The van der Waals surface area contributed by atoms with Gasteiger partial charge in [0.15, 0.2) is 5.82 Å². The average molecular weight is 251 g/mol. The zero-order chi connectivity index (χ0) is 13.0. The van der Waals surface area contributed by atoms with Gasteiger partial charge >= 0.3 is 0 Å². The molecule has 4 heteroatoms. The first-order valence-electron chi connectivity index (χ1n) is 7.27. The lowest BCUT2D eigenvalue weighted by molar-refractivity contribution is 0.308. The van der Waals surface area contributed by atoms with Crippen molar-refractivity contribution >= 4 is 0 Å². The molecule has 1 aromatic heterocycles. The number of nitrogens with zero attached hydrogens (tertiary/aromatic N) is 2. The van der Waals surface area contributed by atoms with E-state index in [9.17, 15) is 0 Å². The van der Waals surface area contributed by atoms with Crippen LogP contribution in [0, 0.1) is 0 Å². The highest BCUT2D eigenvalue weighted by atomic mass is 16.5. The lowest BCUT2D eigenvalue weighted by atomic mass is 9.95. The minimum Gasteiger partial charge on any atom is -0.339 e. The van der Waals surface area contributed by atoms with Gasteiger partial charge in [0, 0.05) is 12.0 Å². The summed E-state index contributed by atoms with van der Waals surface area (Å²) in [5.41, 5.74) is 0. The van der Waals surface area contributed by atoms with Crippen LogP contribution in [0.1, 0.15) is 75.9 Å². The molecule has 1 saturated carbocycles. The molecule has 0 spiro atoms. The van der Waals surface area contributed by atoms with Gasteiger partial charge < -0.3 is 9.84 Å². The van der Waals surface area contributed by atoms with Crippen LogP contribution < -0.4 is 5.32 Å². The van der Waals surface area contributed by atoms with Gasteiger partial charge in [-0.15, -0.1) is 0 Å². The lowest BCUT2D eigenvalue weighted by Crippen LogP contribution is -2.31. The second-order valence-electron chi connectivity index (χ2n) is 5.44. The maximum Gasteiger partial charge on any atom is 0.231 e. The van der Waals surface area contributed by atoms with Crippen molar-refractivity contribution < 1.29 is 4.52 Å². The van der Waals surface area contributed by atoms with Crippen molar-refractivity contribution in [3.63, 3.8) is 0 Å². The smallest absolute Gasteiger partial charge is 0.231 e. The average Bonchev–Trinajstić information content (AvgIpc) is 2.76. The quantitative estimate of drug-likeness (QED) is 0.835. The summed E-state index contributed by atoms with van der Waals surface area (Å²) in [5.74, 6) is 2.49. The minimum atomic E-state index is 0.390.